The van der Waals surface area contributed by atoms with E-state index in [0.717, 1.165) is 12.0 Å². The number of ether oxygens (including phenoxy) is 2. The molecule has 0 spiro atoms. The molecule has 0 unspecified atom stereocenters. The molecule has 0 saturated carbocycles. The maximum absolute atomic E-state index is 14.2. The summed E-state index contributed by atoms with van der Waals surface area (Å²) in [6.07, 6.45) is 1.24. The minimum absolute atomic E-state index is 0.0772. The molecule has 0 heterocycles. The van der Waals surface area contributed by atoms with E-state index in [1.54, 1.807) is 55.5 Å². The number of halogens is 3. The van der Waals surface area contributed by atoms with E-state index in [9.17, 15) is 13.2 Å². The molecular formula is C24H23F3O2. The topological polar surface area (TPSA) is 18.5 Å². The SMILES string of the molecule is CCCc1ccc(COc2ccc(-c3ccc(OCC)c(F)c3)cc2)c(F)c1F. The lowest BCUT2D eigenvalue weighted by atomic mass is 10.1. The van der Waals surface area contributed by atoms with Gasteiger partial charge in [-0.25, -0.2) is 13.2 Å². The lowest BCUT2D eigenvalue weighted by molar-refractivity contribution is 0.297. The van der Waals surface area contributed by atoms with Crippen LogP contribution in [0.5, 0.6) is 11.5 Å². The van der Waals surface area contributed by atoms with Gasteiger partial charge in [0.2, 0.25) is 0 Å². The highest BCUT2D eigenvalue weighted by atomic mass is 19.2. The van der Waals surface area contributed by atoms with Crippen molar-refractivity contribution in [2.24, 2.45) is 0 Å². The zero-order chi connectivity index (χ0) is 20.8. The lowest BCUT2D eigenvalue weighted by Gasteiger charge is -2.11. The van der Waals surface area contributed by atoms with Gasteiger partial charge < -0.3 is 9.47 Å². The van der Waals surface area contributed by atoms with Gasteiger partial charge in [0, 0.05) is 5.56 Å². The third kappa shape index (κ3) is 4.91. The van der Waals surface area contributed by atoms with Gasteiger partial charge in [-0.15, -0.1) is 0 Å². The Hall–Kier alpha value is -2.95. The van der Waals surface area contributed by atoms with Crippen LogP contribution in [0.25, 0.3) is 11.1 Å². The molecule has 0 saturated heterocycles. The van der Waals surface area contributed by atoms with Crippen LogP contribution in [-0.2, 0) is 13.0 Å². The van der Waals surface area contributed by atoms with Crippen molar-refractivity contribution < 1.29 is 22.6 Å². The first-order valence-electron chi connectivity index (χ1n) is 9.64. The second-order valence-corrected chi connectivity index (χ2v) is 6.65. The summed E-state index contributed by atoms with van der Waals surface area (Å²) in [6.45, 7) is 4.03. The van der Waals surface area contributed by atoms with Crippen molar-refractivity contribution in [1.29, 1.82) is 0 Å². The minimum Gasteiger partial charge on any atom is -0.491 e. The molecule has 0 aliphatic rings. The predicted molar refractivity (Wildman–Crippen MR) is 108 cm³/mol. The Morgan fingerprint density at radius 1 is 0.724 bits per heavy atom. The Balaban J connectivity index is 1.68. The molecule has 3 aromatic rings. The van der Waals surface area contributed by atoms with E-state index in [2.05, 4.69) is 0 Å². The summed E-state index contributed by atoms with van der Waals surface area (Å²) in [4.78, 5) is 0. The molecule has 0 radical (unpaired) electrons. The second kappa shape index (κ2) is 9.50. The van der Waals surface area contributed by atoms with Gasteiger partial charge in [-0.3, -0.25) is 0 Å². The van der Waals surface area contributed by atoms with Crippen molar-refractivity contribution in [3.8, 4) is 22.6 Å². The average Bonchev–Trinajstić information content (AvgIpc) is 2.73. The van der Waals surface area contributed by atoms with Gasteiger partial charge in [0.15, 0.2) is 23.2 Å². The highest BCUT2D eigenvalue weighted by Crippen LogP contribution is 2.27. The average molecular weight is 400 g/mol. The summed E-state index contributed by atoms with van der Waals surface area (Å²) >= 11 is 0. The molecule has 2 nitrogen and oxygen atoms in total. The third-order valence-corrected chi connectivity index (χ3v) is 4.58. The molecule has 29 heavy (non-hydrogen) atoms. The largest absolute Gasteiger partial charge is 0.491 e. The zero-order valence-electron chi connectivity index (χ0n) is 16.5. The van der Waals surface area contributed by atoms with Gasteiger partial charge >= 0.3 is 0 Å². The summed E-state index contributed by atoms with van der Waals surface area (Å²) in [5.41, 5.74) is 2.05. The van der Waals surface area contributed by atoms with Gasteiger partial charge in [-0.05, 0) is 54.3 Å². The monoisotopic (exact) mass is 400 g/mol. The van der Waals surface area contributed by atoms with E-state index in [-0.39, 0.29) is 17.9 Å². The summed E-state index contributed by atoms with van der Waals surface area (Å²) < 4.78 is 53.1. The second-order valence-electron chi connectivity index (χ2n) is 6.65. The van der Waals surface area contributed by atoms with Crippen LogP contribution in [0.15, 0.2) is 54.6 Å². The predicted octanol–water partition coefficient (Wildman–Crippen LogP) is 6.70. The van der Waals surface area contributed by atoms with Crippen LogP contribution in [0.3, 0.4) is 0 Å². The summed E-state index contributed by atoms with van der Waals surface area (Å²) in [7, 11) is 0. The minimum atomic E-state index is -0.863. The Labute approximate surface area is 168 Å². The molecule has 152 valence electrons. The summed E-state index contributed by atoms with van der Waals surface area (Å²) in [6, 6.07) is 14.9. The van der Waals surface area contributed by atoms with Crippen molar-refractivity contribution in [1.82, 2.24) is 0 Å². The lowest BCUT2D eigenvalue weighted by Crippen LogP contribution is -2.03. The molecular weight excluding hydrogens is 377 g/mol. The highest BCUT2D eigenvalue weighted by Gasteiger charge is 2.13. The summed E-state index contributed by atoms with van der Waals surface area (Å²) in [5, 5.41) is 0. The zero-order valence-corrected chi connectivity index (χ0v) is 16.5. The first-order valence-corrected chi connectivity index (χ1v) is 9.64. The van der Waals surface area contributed by atoms with E-state index < -0.39 is 17.5 Å². The van der Waals surface area contributed by atoms with Crippen LogP contribution < -0.4 is 9.47 Å². The maximum atomic E-state index is 14.2. The molecule has 0 bridgehead atoms. The fourth-order valence-corrected chi connectivity index (χ4v) is 3.06. The van der Waals surface area contributed by atoms with Gasteiger partial charge in [0.1, 0.15) is 12.4 Å². The highest BCUT2D eigenvalue weighted by molar-refractivity contribution is 5.65. The Morgan fingerprint density at radius 3 is 2.03 bits per heavy atom. The first kappa shape index (κ1) is 20.8. The first-order chi connectivity index (χ1) is 14.0. The quantitative estimate of drug-likeness (QED) is 0.419. The van der Waals surface area contributed by atoms with Crippen LogP contribution in [0, 0.1) is 17.5 Å². The van der Waals surface area contributed by atoms with Crippen LogP contribution in [0.1, 0.15) is 31.4 Å². The number of benzene rings is 3. The number of hydrogen-bond acceptors (Lipinski definition) is 2. The summed E-state index contributed by atoms with van der Waals surface area (Å²) in [5.74, 6) is -1.36. The molecule has 0 aromatic heterocycles. The van der Waals surface area contributed by atoms with Crippen molar-refractivity contribution in [2.45, 2.75) is 33.3 Å². The van der Waals surface area contributed by atoms with Gasteiger partial charge in [0.25, 0.3) is 0 Å². The van der Waals surface area contributed by atoms with Crippen molar-refractivity contribution >= 4 is 0 Å². The smallest absolute Gasteiger partial charge is 0.165 e. The van der Waals surface area contributed by atoms with Crippen LogP contribution in [0.4, 0.5) is 13.2 Å². The molecule has 0 atom stereocenters. The number of aryl methyl sites for hydroxylation is 1. The molecule has 0 N–H and O–H groups in total. The normalized spacial score (nSPS) is 10.8. The molecule has 5 heteroatoms. The molecule has 0 aliphatic carbocycles. The van der Waals surface area contributed by atoms with E-state index in [4.69, 9.17) is 9.47 Å². The van der Waals surface area contributed by atoms with E-state index in [0.29, 0.717) is 29.9 Å². The van der Waals surface area contributed by atoms with Crippen molar-refractivity contribution in [2.75, 3.05) is 6.61 Å². The van der Waals surface area contributed by atoms with E-state index in [1.807, 2.05) is 6.92 Å². The maximum Gasteiger partial charge on any atom is 0.165 e. The van der Waals surface area contributed by atoms with E-state index >= 15 is 0 Å². The van der Waals surface area contributed by atoms with Gasteiger partial charge in [0.05, 0.1) is 6.61 Å². The van der Waals surface area contributed by atoms with Crippen LogP contribution in [0.2, 0.25) is 0 Å². The Bertz CT molecular complexity index is 969. The van der Waals surface area contributed by atoms with E-state index in [1.165, 1.54) is 6.07 Å². The fraction of sp³-hybridized carbons (Fsp3) is 0.250. The van der Waals surface area contributed by atoms with Gasteiger partial charge in [-0.2, -0.15) is 0 Å². The molecule has 0 fully saturated rings. The molecule has 0 aliphatic heterocycles. The van der Waals surface area contributed by atoms with Crippen molar-refractivity contribution in [3.63, 3.8) is 0 Å². The standard InChI is InChI=1S/C24H23F3O2/c1-3-5-17-6-7-19(24(27)23(17)26)15-29-20-11-8-16(9-12-20)18-10-13-22(28-4-2)21(25)14-18/h6-14H,3-5,15H2,1-2H3. The Kier molecular flexibility index (Phi) is 6.81. The van der Waals surface area contributed by atoms with Crippen LogP contribution in [-0.4, -0.2) is 6.61 Å². The van der Waals surface area contributed by atoms with Crippen LogP contribution >= 0.6 is 0 Å². The Morgan fingerprint density at radius 2 is 1.38 bits per heavy atom. The fourth-order valence-electron chi connectivity index (χ4n) is 3.06. The number of hydrogen-bond donors (Lipinski definition) is 0. The number of rotatable bonds is 8. The third-order valence-electron chi connectivity index (χ3n) is 4.58. The molecule has 0 amide bonds. The van der Waals surface area contributed by atoms with Gasteiger partial charge in [-0.1, -0.05) is 43.7 Å². The molecule has 3 aromatic carbocycles. The molecule has 3 rings (SSSR count). The van der Waals surface area contributed by atoms with Crippen molar-refractivity contribution in [3.05, 3.63) is 83.2 Å².